The van der Waals surface area contributed by atoms with E-state index in [2.05, 4.69) is 0 Å². The molecule has 0 aromatic heterocycles. The van der Waals surface area contributed by atoms with Crippen molar-refractivity contribution in [3.8, 4) is 6.07 Å². The summed E-state index contributed by atoms with van der Waals surface area (Å²) in [5.74, 6) is -0.359. The Morgan fingerprint density at radius 3 is 2.67 bits per heavy atom. The van der Waals surface area contributed by atoms with Crippen molar-refractivity contribution in [2.75, 3.05) is 0 Å². The number of rotatable bonds is 3. The maximum Gasteiger partial charge on any atom is 0.330 e. The number of carbonyl (C=O) groups is 1. The van der Waals surface area contributed by atoms with Crippen LogP contribution >= 0.6 is 0 Å². The van der Waals surface area contributed by atoms with E-state index in [1.54, 1.807) is 37.3 Å². The lowest BCUT2D eigenvalue weighted by molar-refractivity contribution is -0.139. The van der Waals surface area contributed by atoms with Crippen molar-refractivity contribution in [2.24, 2.45) is 0 Å². The fraction of sp³-hybridized carbons (Fsp3) is 0.167. The minimum Gasteiger partial charge on any atom is -0.458 e. The van der Waals surface area contributed by atoms with E-state index in [9.17, 15) is 4.79 Å². The first-order chi connectivity index (χ1) is 7.26. The number of carbonyl (C=O) groups excluding carboxylic acids is 1. The Morgan fingerprint density at radius 1 is 1.47 bits per heavy atom. The molecule has 0 bridgehead atoms. The van der Waals surface area contributed by atoms with E-state index in [0.717, 1.165) is 5.56 Å². The lowest BCUT2D eigenvalue weighted by Crippen LogP contribution is -2.00. The van der Waals surface area contributed by atoms with Crippen LogP contribution in [0.4, 0.5) is 0 Å². The van der Waals surface area contributed by atoms with Gasteiger partial charge >= 0.3 is 5.97 Å². The summed E-state index contributed by atoms with van der Waals surface area (Å²) in [6, 6.07) is 8.94. The van der Waals surface area contributed by atoms with E-state index in [1.807, 2.05) is 6.07 Å². The first kappa shape index (κ1) is 11.0. The minimum atomic E-state index is -0.359. The lowest BCUT2D eigenvalue weighted by Gasteiger charge is -2.01. The molecule has 0 unspecified atom stereocenters. The van der Waals surface area contributed by atoms with Crippen LogP contribution in [0.2, 0.25) is 0 Å². The quantitative estimate of drug-likeness (QED) is 0.556. The van der Waals surface area contributed by atoms with Crippen molar-refractivity contribution in [1.29, 1.82) is 5.26 Å². The zero-order valence-electron chi connectivity index (χ0n) is 8.43. The molecule has 1 aromatic carbocycles. The Kier molecular flexibility index (Phi) is 4.11. The van der Waals surface area contributed by atoms with Crippen molar-refractivity contribution in [1.82, 2.24) is 0 Å². The summed E-state index contributed by atoms with van der Waals surface area (Å²) < 4.78 is 4.93. The predicted octanol–water partition coefficient (Wildman–Crippen LogP) is 2.18. The van der Waals surface area contributed by atoms with Gasteiger partial charge in [0.15, 0.2) is 0 Å². The van der Waals surface area contributed by atoms with Crippen LogP contribution in [0, 0.1) is 11.3 Å². The smallest absolute Gasteiger partial charge is 0.330 e. The molecule has 0 radical (unpaired) electrons. The number of hydrogen-bond donors (Lipinski definition) is 0. The van der Waals surface area contributed by atoms with Crippen LogP contribution < -0.4 is 0 Å². The zero-order valence-corrected chi connectivity index (χ0v) is 8.43. The maximum absolute atomic E-state index is 11.0. The fourth-order valence-electron chi connectivity index (χ4n) is 1.01. The molecule has 0 saturated carbocycles. The molecule has 76 valence electrons. The third-order valence-electron chi connectivity index (χ3n) is 1.77. The minimum absolute atomic E-state index is 0.231. The third kappa shape index (κ3) is 3.65. The predicted molar refractivity (Wildman–Crippen MR) is 55.8 cm³/mol. The third-order valence-corrected chi connectivity index (χ3v) is 1.77. The molecule has 1 rings (SSSR count). The molecule has 0 aliphatic heterocycles. The maximum atomic E-state index is 11.0. The summed E-state index contributed by atoms with van der Waals surface area (Å²) in [7, 11) is 0. The SMILES string of the molecule is C/C=C\C(=O)OCc1ccc(C#N)cc1. The van der Waals surface area contributed by atoms with Crippen LogP contribution in [-0.2, 0) is 16.1 Å². The molecular weight excluding hydrogens is 190 g/mol. The first-order valence-electron chi connectivity index (χ1n) is 4.54. The summed E-state index contributed by atoms with van der Waals surface area (Å²) in [6.07, 6.45) is 2.99. The van der Waals surface area contributed by atoms with Crippen LogP contribution in [0.15, 0.2) is 36.4 Å². The van der Waals surface area contributed by atoms with Gasteiger partial charge in [-0.3, -0.25) is 0 Å². The highest BCUT2D eigenvalue weighted by molar-refractivity contribution is 5.81. The van der Waals surface area contributed by atoms with Crippen LogP contribution in [0.5, 0.6) is 0 Å². The Hall–Kier alpha value is -2.08. The van der Waals surface area contributed by atoms with Gasteiger partial charge in [-0.05, 0) is 24.6 Å². The van der Waals surface area contributed by atoms with Crippen LogP contribution in [-0.4, -0.2) is 5.97 Å². The summed E-state index contributed by atoms with van der Waals surface area (Å²) in [4.78, 5) is 11.0. The van der Waals surface area contributed by atoms with Gasteiger partial charge in [0.1, 0.15) is 6.61 Å². The number of benzene rings is 1. The van der Waals surface area contributed by atoms with Crippen LogP contribution in [0.1, 0.15) is 18.1 Å². The normalized spacial score (nSPS) is 9.87. The summed E-state index contributed by atoms with van der Waals surface area (Å²) in [5, 5.41) is 8.57. The summed E-state index contributed by atoms with van der Waals surface area (Å²) >= 11 is 0. The molecule has 0 heterocycles. The molecule has 1 aromatic rings. The molecule has 3 nitrogen and oxygen atoms in total. The molecule has 0 N–H and O–H groups in total. The second-order valence-corrected chi connectivity index (χ2v) is 2.92. The molecule has 0 spiro atoms. The fourth-order valence-corrected chi connectivity index (χ4v) is 1.01. The lowest BCUT2D eigenvalue weighted by atomic mass is 10.2. The number of nitrogens with zero attached hydrogens (tertiary/aromatic N) is 1. The second-order valence-electron chi connectivity index (χ2n) is 2.92. The number of nitriles is 1. The average molecular weight is 201 g/mol. The van der Waals surface area contributed by atoms with Crippen LogP contribution in [0.3, 0.4) is 0 Å². The molecule has 3 heteroatoms. The first-order valence-corrected chi connectivity index (χ1v) is 4.54. The molecule has 0 amide bonds. The molecule has 0 fully saturated rings. The van der Waals surface area contributed by atoms with E-state index >= 15 is 0 Å². The van der Waals surface area contributed by atoms with E-state index in [-0.39, 0.29) is 12.6 Å². The van der Waals surface area contributed by atoms with Gasteiger partial charge in [0, 0.05) is 6.08 Å². The molecular formula is C12H11NO2. The van der Waals surface area contributed by atoms with Gasteiger partial charge in [-0.25, -0.2) is 4.79 Å². The summed E-state index contributed by atoms with van der Waals surface area (Å²) in [6.45, 7) is 1.98. The Labute approximate surface area is 88.6 Å². The van der Waals surface area contributed by atoms with Gasteiger partial charge in [0.05, 0.1) is 11.6 Å². The zero-order chi connectivity index (χ0) is 11.1. The highest BCUT2D eigenvalue weighted by Gasteiger charge is 1.98. The molecule has 0 saturated heterocycles. The molecule has 15 heavy (non-hydrogen) atoms. The molecule has 0 atom stereocenters. The Bertz CT molecular complexity index is 399. The Balaban J connectivity index is 2.52. The second kappa shape index (κ2) is 5.61. The van der Waals surface area contributed by atoms with E-state index in [0.29, 0.717) is 5.56 Å². The Morgan fingerprint density at radius 2 is 2.13 bits per heavy atom. The van der Waals surface area contributed by atoms with Gasteiger partial charge in [-0.1, -0.05) is 18.2 Å². The number of esters is 1. The topological polar surface area (TPSA) is 50.1 Å². The number of allylic oxidation sites excluding steroid dienone is 1. The van der Waals surface area contributed by atoms with Crippen molar-refractivity contribution in [3.05, 3.63) is 47.5 Å². The van der Waals surface area contributed by atoms with Gasteiger partial charge in [-0.15, -0.1) is 0 Å². The van der Waals surface area contributed by atoms with Gasteiger partial charge in [-0.2, -0.15) is 5.26 Å². The van der Waals surface area contributed by atoms with Crippen molar-refractivity contribution in [2.45, 2.75) is 13.5 Å². The summed E-state index contributed by atoms with van der Waals surface area (Å²) in [5.41, 5.74) is 1.46. The van der Waals surface area contributed by atoms with Crippen molar-refractivity contribution >= 4 is 5.97 Å². The van der Waals surface area contributed by atoms with Gasteiger partial charge in [0.2, 0.25) is 0 Å². The number of ether oxygens (including phenoxy) is 1. The van der Waals surface area contributed by atoms with Crippen LogP contribution in [0.25, 0.3) is 0 Å². The molecule has 0 aliphatic carbocycles. The standard InChI is InChI=1S/C12H11NO2/c1-2-3-12(14)15-9-11-6-4-10(8-13)5-7-11/h2-7H,9H2,1H3/b3-2-. The van der Waals surface area contributed by atoms with E-state index in [1.165, 1.54) is 6.08 Å². The monoisotopic (exact) mass is 201 g/mol. The van der Waals surface area contributed by atoms with E-state index < -0.39 is 0 Å². The van der Waals surface area contributed by atoms with Gasteiger partial charge < -0.3 is 4.74 Å². The highest BCUT2D eigenvalue weighted by Crippen LogP contribution is 2.04. The van der Waals surface area contributed by atoms with Crippen molar-refractivity contribution in [3.63, 3.8) is 0 Å². The number of hydrogen-bond acceptors (Lipinski definition) is 3. The average Bonchev–Trinajstić information content (AvgIpc) is 2.27. The van der Waals surface area contributed by atoms with E-state index in [4.69, 9.17) is 10.00 Å². The van der Waals surface area contributed by atoms with Gasteiger partial charge in [0.25, 0.3) is 0 Å². The largest absolute Gasteiger partial charge is 0.458 e. The van der Waals surface area contributed by atoms with Crippen molar-refractivity contribution < 1.29 is 9.53 Å². The molecule has 0 aliphatic rings. The highest BCUT2D eigenvalue weighted by atomic mass is 16.5.